The number of ether oxygens (including phenoxy) is 2. The van der Waals surface area contributed by atoms with Crippen LogP contribution in [0.15, 0.2) is 48.8 Å². The highest BCUT2D eigenvalue weighted by Gasteiger charge is 2.43. The van der Waals surface area contributed by atoms with Crippen LogP contribution in [0.5, 0.6) is 0 Å². The fraction of sp³-hybridized carbons (Fsp3) is 0.500. The minimum Gasteiger partial charge on any atom is -0.453 e. The molecule has 2 aliphatic heterocycles. The zero-order chi connectivity index (χ0) is 42.3. The first-order valence-electron chi connectivity index (χ1n) is 20.5. The summed E-state index contributed by atoms with van der Waals surface area (Å²) in [7, 11) is 6.78. The van der Waals surface area contributed by atoms with Gasteiger partial charge in [-0.2, -0.15) is 0 Å². The standard InChI is InChI=1S/C44H57N9O6/c1-24(2)36(49-42(56)58-8)40(54)52-18-10-12-34(52)38-45-22-32(47-38)26-14-16-28-29-17-15-27(21-31(29)44(5,51(6)7)30(28)20-26)33-23-46-39(48-33)35-13-11-19-53(35)41(55)37(25(3)4)50-43(57)59-9/h14-17,20-25,34-37H,10-13,18-19H2,1-9H3,(H,45,47)(H,46,48)(H,49,56)(H,50,57)/t34-,35-,36-,37-/m0/s1. The lowest BCUT2D eigenvalue weighted by Gasteiger charge is -2.35. The average Bonchev–Trinajstić information content (AvgIpc) is 4.08. The SMILES string of the molecule is COC(=O)N[C@H](C(=O)N1CCC[C@H]1c1ncc(-c2ccc3c(c2)C(C)(N(C)C)c2cc(-c4cnc([C@@H]5CCCN5C(=O)[C@@H](NC(=O)OC)C(C)C)[nH]4)ccc2-3)[nH]1)C(C)C. The Labute approximate surface area is 345 Å². The molecule has 2 aromatic heterocycles. The maximum Gasteiger partial charge on any atom is 0.407 e. The molecule has 2 fully saturated rings. The molecule has 15 nitrogen and oxygen atoms in total. The Morgan fingerprint density at radius 2 is 1.14 bits per heavy atom. The van der Waals surface area contributed by atoms with E-state index in [1.54, 1.807) is 0 Å². The number of benzene rings is 2. The normalized spacial score (nSPS) is 19.2. The van der Waals surface area contributed by atoms with Crippen LogP contribution in [0.4, 0.5) is 9.59 Å². The van der Waals surface area contributed by atoms with Gasteiger partial charge in [0.25, 0.3) is 0 Å². The summed E-state index contributed by atoms with van der Waals surface area (Å²) in [5.74, 6) is 0.912. The van der Waals surface area contributed by atoms with Gasteiger partial charge in [0.05, 0.1) is 55.6 Å². The monoisotopic (exact) mass is 807 g/mol. The predicted molar refractivity (Wildman–Crippen MR) is 223 cm³/mol. The van der Waals surface area contributed by atoms with Crippen LogP contribution < -0.4 is 10.6 Å². The minimum atomic E-state index is -0.704. The zero-order valence-electron chi connectivity index (χ0n) is 35.5. The molecule has 0 unspecified atom stereocenters. The highest BCUT2D eigenvalue weighted by molar-refractivity contribution is 5.88. The van der Waals surface area contributed by atoms with Crippen LogP contribution in [0.1, 0.15) is 95.2 Å². The van der Waals surface area contributed by atoms with Gasteiger partial charge in [-0.3, -0.25) is 14.5 Å². The third-order valence-electron chi connectivity index (χ3n) is 12.6. The maximum absolute atomic E-state index is 13.7. The molecule has 1 aliphatic carbocycles. The number of likely N-dealkylation sites (tertiary alicyclic amines) is 2. The number of carbonyl (C=O) groups excluding carboxylic acids is 4. The Morgan fingerprint density at radius 3 is 1.49 bits per heavy atom. The number of aromatic nitrogens is 4. The number of amides is 4. The summed E-state index contributed by atoms with van der Waals surface area (Å²) in [4.78, 5) is 74.2. The molecular formula is C44H57N9O6. The molecule has 0 spiro atoms. The molecule has 0 saturated carbocycles. The number of rotatable bonds is 11. The summed E-state index contributed by atoms with van der Waals surface area (Å²) in [5.41, 5.74) is 7.87. The molecule has 2 saturated heterocycles. The lowest BCUT2D eigenvalue weighted by Crippen LogP contribution is -2.51. The Bertz CT molecular complexity index is 2080. The third kappa shape index (κ3) is 7.56. The van der Waals surface area contributed by atoms with Gasteiger partial charge in [-0.1, -0.05) is 52.0 Å². The summed E-state index contributed by atoms with van der Waals surface area (Å²) < 4.78 is 9.59. The molecule has 4 N–H and O–H groups in total. The number of aromatic amines is 2. The van der Waals surface area contributed by atoms with Crippen LogP contribution in [0, 0.1) is 11.8 Å². The highest BCUT2D eigenvalue weighted by atomic mass is 16.5. The van der Waals surface area contributed by atoms with Gasteiger partial charge < -0.3 is 39.9 Å². The van der Waals surface area contributed by atoms with E-state index in [4.69, 9.17) is 19.4 Å². The van der Waals surface area contributed by atoms with Gasteiger partial charge in [-0.15, -0.1) is 0 Å². The van der Waals surface area contributed by atoms with E-state index in [2.05, 4.69) is 82.9 Å². The first kappa shape index (κ1) is 41.5. The van der Waals surface area contributed by atoms with Crippen molar-refractivity contribution < 1.29 is 28.7 Å². The molecule has 4 aromatic rings. The molecular weight excluding hydrogens is 751 g/mol. The zero-order valence-corrected chi connectivity index (χ0v) is 35.5. The molecule has 314 valence electrons. The van der Waals surface area contributed by atoms with Crippen LogP contribution in [-0.2, 0) is 24.6 Å². The number of imidazole rings is 2. The van der Waals surface area contributed by atoms with E-state index in [0.29, 0.717) is 13.1 Å². The lowest BCUT2D eigenvalue weighted by atomic mass is 9.86. The van der Waals surface area contributed by atoms with Crippen molar-refractivity contribution in [1.82, 2.24) is 45.3 Å². The topological polar surface area (TPSA) is 178 Å². The van der Waals surface area contributed by atoms with Crippen molar-refractivity contribution >= 4 is 24.0 Å². The number of fused-ring (bicyclic) bond motifs is 3. The number of carbonyl (C=O) groups is 4. The molecule has 0 radical (unpaired) electrons. The molecule has 7 rings (SSSR count). The van der Waals surface area contributed by atoms with Crippen molar-refractivity contribution in [3.63, 3.8) is 0 Å². The molecule has 59 heavy (non-hydrogen) atoms. The van der Waals surface area contributed by atoms with Crippen molar-refractivity contribution in [1.29, 1.82) is 0 Å². The van der Waals surface area contributed by atoms with E-state index in [9.17, 15) is 19.2 Å². The maximum atomic E-state index is 13.7. The van der Waals surface area contributed by atoms with Crippen LogP contribution in [0.3, 0.4) is 0 Å². The first-order chi connectivity index (χ1) is 28.2. The lowest BCUT2D eigenvalue weighted by molar-refractivity contribution is -0.136. The summed E-state index contributed by atoms with van der Waals surface area (Å²) in [6, 6.07) is 11.2. The second kappa shape index (κ2) is 16.5. The van der Waals surface area contributed by atoms with Gasteiger partial charge in [0.15, 0.2) is 0 Å². The number of H-pyrrole nitrogens is 2. The summed E-state index contributed by atoms with van der Waals surface area (Å²) in [6.07, 6.45) is 5.63. The van der Waals surface area contributed by atoms with E-state index in [-0.39, 0.29) is 35.7 Å². The van der Waals surface area contributed by atoms with Crippen molar-refractivity contribution in [2.75, 3.05) is 41.4 Å². The third-order valence-corrected chi connectivity index (χ3v) is 12.6. The van der Waals surface area contributed by atoms with E-state index >= 15 is 0 Å². The number of nitrogens with zero attached hydrogens (tertiary/aromatic N) is 5. The van der Waals surface area contributed by atoms with Crippen molar-refractivity contribution in [2.45, 2.75) is 90.0 Å². The summed E-state index contributed by atoms with van der Waals surface area (Å²) in [6.45, 7) is 11.0. The number of nitrogens with one attached hydrogen (secondary N) is 4. The van der Waals surface area contributed by atoms with Crippen LogP contribution >= 0.6 is 0 Å². The Morgan fingerprint density at radius 1 is 0.729 bits per heavy atom. The molecule has 3 aliphatic rings. The van der Waals surface area contributed by atoms with Crippen molar-refractivity contribution in [3.8, 4) is 33.6 Å². The number of hydrogen-bond donors (Lipinski definition) is 4. The molecule has 4 amide bonds. The summed E-state index contributed by atoms with van der Waals surface area (Å²) in [5, 5.41) is 5.44. The average molecular weight is 808 g/mol. The van der Waals surface area contributed by atoms with Crippen molar-refractivity contribution in [3.05, 3.63) is 71.6 Å². The van der Waals surface area contributed by atoms with E-state index in [1.165, 1.54) is 25.3 Å². The molecule has 15 heteroatoms. The van der Waals surface area contributed by atoms with E-state index in [0.717, 1.165) is 71.0 Å². The van der Waals surface area contributed by atoms with Gasteiger partial charge in [-0.25, -0.2) is 19.6 Å². The Balaban J connectivity index is 1.13. The number of alkyl carbamates (subject to hydrolysis) is 2. The number of hydrogen-bond acceptors (Lipinski definition) is 9. The first-order valence-corrected chi connectivity index (χ1v) is 20.5. The van der Waals surface area contributed by atoms with Gasteiger partial charge >= 0.3 is 12.2 Å². The van der Waals surface area contributed by atoms with E-state index < -0.39 is 29.8 Å². The molecule has 4 atom stereocenters. The second-order valence-corrected chi connectivity index (χ2v) is 16.9. The molecule has 0 bridgehead atoms. The number of methoxy groups -OCH3 is 2. The van der Waals surface area contributed by atoms with E-state index in [1.807, 2.05) is 49.9 Å². The highest BCUT2D eigenvalue weighted by Crippen LogP contribution is 2.52. The smallest absolute Gasteiger partial charge is 0.407 e. The fourth-order valence-corrected chi connectivity index (χ4v) is 9.02. The Hall–Kier alpha value is -5.70. The molecule has 2 aromatic carbocycles. The van der Waals surface area contributed by atoms with Crippen molar-refractivity contribution in [2.24, 2.45) is 11.8 Å². The summed E-state index contributed by atoms with van der Waals surface area (Å²) >= 11 is 0. The Kier molecular flexibility index (Phi) is 11.6. The fourth-order valence-electron chi connectivity index (χ4n) is 9.02. The van der Waals surface area contributed by atoms with Gasteiger partial charge in [0.2, 0.25) is 11.8 Å². The van der Waals surface area contributed by atoms with Crippen LogP contribution in [0.2, 0.25) is 0 Å². The van der Waals surface area contributed by atoms with Gasteiger partial charge in [0.1, 0.15) is 23.7 Å². The predicted octanol–water partition coefficient (Wildman–Crippen LogP) is 6.36. The van der Waals surface area contributed by atoms with Gasteiger partial charge in [-0.05, 0) is 104 Å². The molecule has 4 heterocycles. The minimum absolute atomic E-state index is 0.119. The quantitative estimate of drug-likeness (QED) is 0.134. The van der Waals surface area contributed by atoms with Crippen LogP contribution in [-0.4, -0.2) is 112 Å². The van der Waals surface area contributed by atoms with Gasteiger partial charge in [0, 0.05) is 13.1 Å². The largest absolute Gasteiger partial charge is 0.453 e. The second-order valence-electron chi connectivity index (χ2n) is 16.9. The van der Waals surface area contributed by atoms with Crippen LogP contribution in [0.25, 0.3) is 33.6 Å².